The molecular weight excluding hydrogens is 204 g/mol. The fraction of sp³-hybridized carbons (Fsp3) is 0.750. The lowest BCUT2D eigenvalue weighted by Crippen LogP contribution is -2.37. The Labute approximate surface area is 96.1 Å². The summed E-state index contributed by atoms with van der Waals surface area (Å²) in [4.78, 5) is 4.56. The summed E-state index contributed by atoms with van der Waals surface area (Å²) >= 11 is 1.82. The van der Waals surface area contributed by atoms with Crippen LogP contribution in [-0.4, -0.2) is 18.1 Å². The fourth-order valence-corrected chi connectivity index (χ4v) is 3.42. The highest BCUT2D eigenvalue weighted by molar-refractivity contribution is 7.09. The average Bonchev–Trinajstić information content (AvgIpc) is 2.65. The smallest absolute Gasteiger partial charge is 0.0931 e. The highest BCUT2D eigenvalue weighted by Crippen LogP contribution is 2.28. The molecule has 0 spiro atoms. The maximum absolute atomic E-state index is 4.56. The van der Waals surface area contributed by atoms with Gasteiger partial charge in [0.2, 0.25) is 0 Å². The van der Waals surface area contributed by atoms with Crippen LogP contribution in [0.15, 0.2) is 5.38 Å². The van der Waals surface area contributed by atoms with E-state index in [-0.39, 0.29) is 0 Å². The van der Waals surface area contributed by atoms with Crippen molar-refractivity contribution in [1.82, 2.24) is 10.3 Å². The third-order valence-electron chi connectivity index (χ3n) is 3.38. The second kappa shape index (κ2) is 5.08. The molecule has 1 aromatic heterocycles. The van der Waals surface area contributed by atoms with Crippen LogP contribution in [0.4, 0.5) is 0 Å². The van der Waals surface area contributed by atoms with Gasteiger partial charge < -0.3 is 5.32 Å². The van der Waals surface area contributed by atoms with Crippen molar-refractivity contribution in [3.63, 3.8) is 0 Å². The Morgan fingerprint density at radius 2 is 2.27 bits per heavy atom. The monoisotopic (exact) mass is 224 g/mol. The topological polar surface area (TPSA) is 24.9 Å². The molecule has 1 aliphatic carbocycles. The number of rotatable bonds is 3. The van der Waals surface area contributed by atoms with Crippen molar-refractivity contribution in [1.29, 1.82) is 0 Å². The number of thiazole rings is 1. The van der Waals surface area contributed by atoms with E-state index >= 15 is 0 Å². The number of hydrogen-bond acceptors (Lipinski definition) is 3. The van der Waals surface area contributed by atoms with Gasteiger partial charge in [0, 0.05) is 23.5 Å². The molecule has 1 aromatic rings. The summed E-state index contributed by atoms with van der Waals surface area (Å²) < 4.78 is 0. The first kappa shape index (κ1) is 11.1. The number of aromatic nitrogens is 1. The van der Waals surface area contributed by atoms with Crippen molar-refractivity contribution >= 4 is 11.3 Å². The molecule has 2 rings (SSSR count). The minimum absolute atomic E-state index is 0.711. The number of aryl methyl sites for hydroxylation is 1. The van der Waals surface area contributed by atoms with Gasteiger partial charge in [-0.25, -0.2) is 4.98 Å². The predicted molar refractivity (Wildman–Crippen MR) is 65.4 cm³/mol. The average molecular weight is 224 g/mol. The molecule has 15 heavy (non-hydrogen) atoms. The molecule has 2 nitrogen and oxygen atoms in total. The zero-order valence-electron chi connectivity index (χ0n) is 9.62. The summed E-state index contributed by atoms with van der Waals surface area (Å²) in [5, 5.41) is 6.94. The number of nitrogens with one attached hydrogen (secondary N) is 1. The van der Waals surface area contributed by atoms with E-state index in [1.54, 1.807) is 0 Å². The number of hydrogen-bond donors (Lipinski definition) is 1. The Kier molecular flexibility index (Phi) is 3.76. The van der Waals surface area contributed by atoms with Gasteiger partial charge in [-0.2, -0.15) is 0 Å². The third kappa shape index (κ3) is 2.79. The zero-order valence-corrected chi connectivity index (χ0v) is 10.4. The molecule has 1 fully saturated rings. The lowest BCUT2D eigenvalue weighted by molar-refractivity contribution is 0.272. The summed E-state index contributed by atoms with van der Waals surface area (Å²) in [5.41, 5.74) is 1.17. The van der Waals surface area contributed by atoms with Crippen LogP contribution >= 0.6 is 11.3 Å². The molecule has 0 radical (unpaired) electrons. The highest BCUT2D eigenvalue weighted by atomic mass is 32.1. The lowest BCUT2D eigenvalue weighted by Gasteiger charge is -2.30. The van der Waals surface area contributed by atoms with Crippen LogP contribution in [0.5, 0.6) is 0 Å². The minimum Gasteiger partial charge on any atom is -0.317 e. The van der Waals surface area contributed by atoms with Gasteiger partial charge in [0.05, 0.1) is 5.01 Å². The lowest BCUT2D eigenvalue weighted by atomic mass is 9.83. The van der Waals surface area contributed by atoms with Crippen LogP contribution in [0.2, 0.25) is 0 Å². The summed E-state index contributed by atoms with van der Waals surface area (Å²) in [6, 6.07) is 0.711. The molecule has 3 heteroatoms. The van der Waals surface area contributed by atoms with Crippen molar-refractivity contribution in [3.8, 4) is 0 Å². The molecular formula is C12H20N2S. The Balaban J connectivity index is 1.97. The SMILES string of the molecule is CNC1CCCCC1Cc1nc(C)cs1. The molecule has 0 bridgehead atoms. The molecule has 1 saturated carbocycles. The Hall–Kier alpha value is -0.410. The second-order valence-corrected chi connectivity index (χ2v) is 5.47. The van der Waals surface area contributed by atoms with Crippen LogP contribution in [0.3, 0.4) is 0 Å². The van der Waals surface area contributed by atoms with E-state index in [0.717, 1.165) is 5.92 Å². The molecule has 1 N–H and O–H groups in total. The fourth-order valence-electron chi connectivity index (χ4n) is 2.55. The normalized spacial score (nSPS) is 26.8. The summed E-state index contributed by atoms with van der Waals surface area (Å²) in [6.45, 7) is 2.08. The molecule has 0 amide bonds. The maximum Gasteiger partial charge on any atom is 0.0931 e. The zero-order chi connectivity index (χ0) is 10.7. The molecule has 84 valence electrons. The molecule has 2 atom stereocenters. The van der Waals surface area contributed by atoms with Crippen LogP contribution in [-0.2, 0) is 6.42 Å². The van der Waals surface area contributed by atoms with Crippen molar-refractivity contribution in [3.05, 3.63) is 16.1 Å². The Morgan fingerprint density at radius 3 is 2.93 bits per heavy atom. The maximum atomic E-state index is 4.56. The van der Waals surface area contributed by atoms with E-state index < -0.39 is 0 Å². The van der Waals surface area contributed by atoms with Crippen LogP contribution in [0.25, 0.3) is 0 Å². The second-order valence-electron chi connectivity index (χ2n) is 4.53. The van der Waals surface area contributed by atoms with E-state index in [1.165, 1.54) is 42.8 Å². The Bertz CT molecular complexity index is 308. The third-order valence-corrected chi connectivity index (χ3v) is 4.37. The van der Waals surface area contributed by atoms with Gasteiger partial charge >= 0.3 is 0 Å². The van der Waals surface area contributed by atoms with E-state index in [0.29, 0.717) is 6.04 Å². The molecule has 1 heterocycles. The molecule has 0 saturated heterocycles. The van der Waals surface area contributed by atoms with Gasteiger partial charge in [0.25, 0.3) is 0 Å². The van der Waals surface area contributed by atoms with Crippen molar-refractivity contribution in [2.24, 2.45) is 5.92 Å². The van der Waals surface area contributed by atoms with E-state index in [9.17, 15) is 0 Å². The largest absolute Gasteiger partial charge is 0.317 e. The van der Waals surface area contributed by atoms with Gasteiger partial charge in [-0.3, -0.25) is 0 Å². The predicted octanol–water partition coefficient (Wildman–Crippen LogP) is 2.77. The standard InChI is InChI=1S/C12H20N2S/c1-9-8-15-12(14-9)7-10-5-3-4-6-11(10)13-2/h8,10-11,13H,3-7H2,1-2H3. The first-order valence-electron chi connectivity index (χ1n) is 5.88. The van der Waals surface area contributed by atoms with Gasteiger partial charge in [-0.1, -0.05) is 12.8 Å². The molecule has 1 aliphatic rings. The van der Waals surface area contributed by atoms with Gasteiger partial charge in [0.15, 0.2) is 0 Å². The number of nitrogens with zero attached hydrogens (tertiary/aromatic N) is 1. The van der Waals surface area contributed by atoms with E-state index in [1.807, 2.05) is 11.3 Å². The molecule has 2 unspecified atom stereocenters. The summed E-state index contributed by atoms with van der Waals surface area (Å²) in [5.74, 6) is 0.800. The molecule has 0 aromatic carbocycles. The van der Waals surface area contributed by atoms with E-state index in [4.69, 9.17) is 0 Å². The van der Waals surface area contributed by atoms with Crippen molar-refractivity contribution < 1.29 is 0 Å². The molecule has 0 aliphatic heterocycles. The first-order valence-corrected chi connectivity index (χ1v) is 6.76. The highest BCUT2D eigenvalue weighted by Gasteiger charge is 2.24. The van der Waals surface area contributed by atoms with Crippen molar-refractivity contribution in [2.75, 3.05) is 7.05 Å². The first-order chi connectivity index (χ1) is 7.29. The summed E-state index contributed by atoms with van der Waals surface area (Å²) in [7, 11) is 2.09. The van der Waals surface area contributed by atoms with E-state index in [2.05, 4.69) is 29.7 Å². The van der Waals surface area contributed by atoms with Crippen LogP contribution < -0.4 is 5.32 Å². The van der Waals surface area contributed by atoms with Gasteiger partial charge in [0.1, 0.15) is 0 Å². The van der Waals surface area contributed by atoms with Crippen LogP contribution in [0.1, 0.15) is 36.4 Å². The summed E-state index contributed by atoms with van der Waals surface area (Å²) in [6.07, 6.45) is 6.66. The van der Waals surface area contributed by atoms with Crippen LogP contribution in [0, 0.1) is 12.8 Å². The minimum atomic E-state index is 0.711. The van der Waals surface area contributed by atoms with Gasteiger partial charge in [-0.05, 0) is 32.7 Å². The quantitative estimate of drug-likeness (QED) is 0.854. The van der Waals surface area contributed by atoms with Gasteiger partial charge in [-0.15, -0.1) is 11.3 Å². The Morgan fingerprint density at radius 1 is 1.47 bits per heavy atom. The van der Waals surface area contributed by atoms with Crippen molar-refractivity contribution in [2.45, 2.75) is 45.1 Å².